The first-order valence-electron chi connectivity index (χ1n) is 12.4. The van der Waals surface area contributed by atoms with Crippen LogP contribution in [-0.2, 0) is 0 Å². The van der Waals surface area contributed by atoms with Gasteiger partial charge in [0.15, 0.2) is 16.9 Å². The number of anilines is 1. The van der Waals surface area contributed by atoms with Crippen LogP contribution in [0, 0.1) is 11.7 Å². The number of halogens is 2. The van der Waals surface area contributed by atoms with Gasteiger partial charge in [0.25, 0.3) is 5.91 Å². The van der Waals surface area contributed by atoms with Crippen LogP contribution in [0.2, 0.25) is 5.02 Å². The Balaban J connectivity index is 1.69. The number of pyridine rings is 1. The van der Waals surface area contributed by atoms with Gasteiger partial charge in [-0.1, -0.05) is 31.5 Å². The van der Waals surface area contributed by atoms with E-state index in [1.807, 2.05) is 6.92 Å². The minimum atomic E-state index is -0.904. The second-order valence-electron chi connectivity index (χ2n) is 9.40. The van der Waals surface area contributed by atoms with E-state index in [1.54, 1.807) is 30.3 Å². The maximum atomic E-state index is 14.1. The second kappa shape index (κ2) is 10.5. The van der Waals surface area contributed by atoms with Crippen molar-refractivity contribution in [3.05, 3.63) is 92.7 Å². The van der Waals surface area contributed by atoms with Crippen molar-refractivity contribution in [3.63, 3.8) is 0 Å². The van der Waals surface area contributed by atoms with Crippen molar-refractivity contribution in [2.75, 3.05) is 18.1 Å². The Morgan fingerprint density at radius 3 is 2.61 bits per heavy atom. The predicted octanol–water partition coefficient (Wildman–Crippen LogP) is 6.55. The smallest absolute Gasteiger partial charge is 0.296 e. The Kier molecular flexibility index (Phi) is 7.08. The highest BCUT2D eigenvalue weighted by molar-refractivity contribution is 6.30. The van der Waals surface area contributed by atoms with Gasteiger partial charge in [-0.2, -0.15) is 0 Å². The zero-order valence-corrected chi connectivity index (χ0v) is 21.9. The molecule has 2 aromatic heterocycles. The predicted molar refractivity (Wildman–Crippen MR) is 143 cm³/mol. The molecule has 4 aromatic rings. The van der Waals surface area contributed by atoms with Crippen LogP contribution < -0.4 is 19.8 Å². The Labute approximate surface area is 223 Å². The number of hydrogen-bond donors (Lipinski definition) is 0. The number of nitrogens with zero attached hydrogens (tertiary/aromatic N) is 2. The minimum absolute atomic E-state index is 0.0473. The van der Waals surface area contributed by atoms with Gasteiger partial charge in [0.1, 0.15) is 17.2 Å². The van der Waals surface area contributed by atoms with Crippen molar-refractivity contribution < 1.29 is 23.1 Å². The van der Waals surface area contributed by atoms with E-state index >= 15 is 0 Å². The first kappa shape index (κ1) is 25.7. The second-order valence-corrected chi connectivity index (χ2v) is 9.83. The molecule has 1 aliphatic heterocycles. The summed E-state index contributed by atoms with van der Waals surface area (Å²) in [5.74, 6) is 0.554. The van der Waals surface area contributed by atoms with Gasteiger partial charge in [-0.3, -0.25) is 14.5 Å². The fraction of sp³-hybridized carbons (Fsp3) is 0.276. The number of hydrogen-bond acceptors (Lipinski definition) is 6. The summed E-state index contributed by atoms with van der Waals surface area (Å²) in [6, 6.07) is 11.2. The summed E-state index contributed by atoms with van der Waals surface area (Å²) in [6.07, 6.45) is 2.29. The molecule has 9 heteroatoms. The van der Waals surface area contributed by atoms with Gasteiger partial charge in [0.2, 0.25) is 5.76 Å². The number of ether oxygens (including phenoxy) is 2. The molecule has 0 aliphatic carbocycles. The average Bonchev–Trinajstić information content (AvgIpc) is 3.18. The molecule has 7 nitrogen and oxygen atoms in total. The topological polar surface area (TPSA) is 81.9 Å². The average molecular weight is 537 g/mol. The van der Waals surface area contributed by atoms with E-state index in [0.717, 1.165) is 12.5 Å². The molecule has 0 saturated heterocycles. The van der Waals surface area contributed by atoms with Crippen LogP contribution in [0.3, 0.4) is 0 Å². The summed E-state index contributed by atoms with van der Waals surface area (Å²) in [6.45, 7) is 7.00. The van der Waals surface area contributed by atoms with Crippen molar-refractivity contribution in [2.24, 2.45) is 5.92 Å². The molecule has 0 saturated carbocycles. The highest BCUT2D eigenvalue weighted by atomic mass is 35.5. The molecule has 0 N–H and O–H groups in total. The quantitative estimate of drug-likeness (QED) is 0.254. The SMILES string of the molecule is CCOc1cc(C2c3c(oc4ccc(F)cc4c3=O)C(=O)N2c2ccc(Cl)cn2)ccc1OCCC(C)C. The summed E-state index contributed by atoms with van der Waals surface area (Å²) < 4.78 is 31.8. The molecule has 0 fully saturated rings. The van der Waals surface area contributed by atoms with E-state index in [4.69, 9.17) is 25.5 Å². The minimum Gasteiger partial charge on any atom is -0.490 e. The molecule has 196 valence electrons. The number of amides is 1. The normalized spacial score (nSPS) is 14.8. The fourth-order valence-corrected chi connectivity index (χ4v) is 4.61. The van der Waals surface area contributed by atoms with Gasteiger partial charge < -0.3 is 13.9 Å². The summed E-state index contributed by atoms with van der Waals surface area (Å²) >= 11 is 6.04. The fourth-order valence-electron chi connectivity index (χ4n) is 4.49. The Hall–Kier alpha value is -3.91. The molecule has 5 rings (SSSR count). The van der Waals surface area contributed by atoms with Crippen molar-refractivity contribution in [1.82, 2.24) is 4.98 Å². The van der Waals surface area contributed by atoms with E-state index in [1.165, 1.54) is 23.2 Å². The van der Waals surface area contributed by atoms with Crippen LogP contribution in [0.25, 0.3) is 11.0 Å². The summed E-state index contributed by atoms with van der Waals surface area (Å²) in [5, 5.41) is 0.442. The lowest BCUT2D eigenvalue weighted by Gasteiger charge is -2.25. The lowest BCUT2D eigenvalue weighted by Crippen LogP contribution is -2.30. The standard InChI is InChI=1S/C29H26ClFN2O5/c1-4-36-23-13-17(5-8-22(23)37-12-11-16(2)3)26-25-27(34)20-14-19(31)7-9-21(20)38-28(25)29(35)33(26)24-10-6-18(30)15-32-24/h5-10,13-16,26H,4,11-12H2,1-3H3. The molecular weight excluding hydrogens is 511 g/mol. The zero-order valence-electron chi connectivity index (χ0n) is 21.2. The third-order valence-corrected chi connectivity index (χ3v) is 6.55. The van der Waals surface area contributed by atoms with Gasteiger partial charge in [-0.05, 0) is 67.3 Å². The molecule has 1 atom stereocenters. The molecule has 1 unspecified atom stereocenters. The summed E-state index contributed by atoms with van der Waals surface area (Å²) in [4.78, 5) is 33.1. The van der Waals surface area contributed by atoms with E-state index in [-0.39, 0.29) is 28.1 Å². The van der Waals surface area contributed by atoms with Gasteiger partial charge in [0, 0.05) is 6.20 Å². The van der Waals surface area contributed by atoms with Crippen LogP contribution in [0.4, 0.5) is 10.2 Å². The lowest BCUT2D eigenvalue weighted by molar-refractivity contribution is 0.0970. The van der Waals surface area contributed by atoms with Crippen LogP contribution in [-0.4, -0.2) is 24.1 Å². The number of aromatic nitrogens is 1. The van der Waals surface area contributed by atoms with Crippen molar-refractivity contribution in [1.29, 1.82) is 0 Å². The Morgan fingerprint density at radius 1 is 1.08 bits per heavy atom. The van der Waals surface area contributed by atoms with Crippen molar-refractivity contribution >= 4 is 34.3 Å². The van der Waals surface area contributed by atoms with E-state index in [0.29, 0.717) is 41.2 Å². The summed E-state index contributed by atoms with van der Waals surface area (Å²) in [7, 11) is 0. The molecule has 38 heavy (non-hydrogen) atoms. The lowest BCUT2D eigenvalue weighted by atomic mass is 9.98. The van der Waals surface area contributed by atoms with Gasteiger partial charge in [0.05, 0.1) is 35.2 Å². The van der Waals surface area contributed by atoms with E-state index < -0.39 is 23.2 Å². The molecule has 1 aliphatic rings. The number of benzene rings is 2. The van der Waals surface area contributed by atoms with Crippen LogP contribution in [0.1, 0.15) is 54.9 Å². The monoisotopic (exact) mass is 536 g/mol. The molecular formula is C29H26ClFN2O5. The number of rotatable bonds is 8. The van der Waals surface area contributed by atoms with E-state index in [2.05, 4.69) is 18.8 Å². The van der Waals surface area contributed by atoms with Crippen molar-refractivity contribution in [2.45, 2.75) is 33.2 Å². The highest BCUT2D eigenvalue weighted by Gasteiger charge is 2.44. The maximum absolute atomic E-state index is 14.1. The van der Waals surface area contributed by atoms with Gasteiger partial charge >= 0.3 is 0 Å². The first-order chi connectivity index (χ1) is 18.3. The van der Waals surface area contributed by atoms with Crippen LogP contribution in [0.5, 0.6) is 11.5 Å². The third-order valence-electron chi connectivity index (χ3n) is 6.33. The molecule has 2 aromatic carbocycles. The highest BCUT2D eigenvalue weighted by Crippen LogP contribution is 2.43. The molecule has 0 radical (unpaired) electrons. The Morgan fingerprint density at radius 2 is 1.89 bits per heavy atom. The summed E-state index contributed by atoms with van der Waals surface area (Å²) in [5.41, 5.74) is 0.306. The Bertz CT molecular complexity index is 1570. The third kappa shape index (κ3) is 4.72. The number of carbonyl (C=O) groups excluding carboxylic acids is 1. The van der Waals surface area contributed by atoms with Gasteiger partial charge in [-0.15, -0.1) is 0 Å². The largest absolute Gasteiger partial charge is 0.490 e. The van der Waals surface area contributed by atoms with Crippen LogP contribution in [0.15, 0.2) is 63.9 Å². The van der Waals surface area contributed by atoms with E-state index in [9.17, 15) is 14.0 Å². The van der Waals surface area contributed by atoms with Crippen molar-refractivity contribution in [3.8, 4) is 11.5 Å². The van der Waals surface area contributed by atoms with Crippen LogP contribution >= 0.6 is 11.6 Å². The number of carbonyl (C=O) groups is 1. The molecule has 3 heterocycles. The maximum Gasteiger partial charge on any atom is 0.296 e. The first-order valence-corrected chi connectivity index (χ1v) is 12.8. The zero-order chi connectivity index (χ0) is 27.0. The molecule has 0 bridgehead atoms. The van der Waals surface area contributed by atoms with Gasteiger partial charge in [-0.25, -0.2) is 9.37 Å². The number of fused-ring (bicyclic) bond motifs is 2. The molecule has 1 amide bonds. The molecule has 0 spiro atoms.